The maximum atomic E-state index is 4.77. The molecule has 0 fully saturated rings. The van der Waals surface area contributed by atoms with Crippen LogP contribution >= 0.6 is 22.7 Å². The zero-order chi connectivity index (χ0) is 17.3. The van der Waals surface area contributed by atoms with Crippen LogP contribution in [0.25, 0.3) is 41.7 Å². The van der Waals surface area contributed by atoms with Crippen LogP contribution in [0.15, 0.2) is 91.0 Å². The lowest BCUT2D eigenvalue weighted by Crippen LogP contribution is -1.77. The van der Waals surface area contributed by atoms with Crippen LogP contribution in [0.2, 0.25) is 0 Å². The Morgan fingerprint density at radius 3 is 1.96 bits per heavy atom. The average molecular weight is 370 g/mol. The zero-order valence-electron chi connectivity index (χ0n) is 13.9. The van der Waals surface area contributed by atoms with Crippen molar-refractivity contribution in [2.45, 2.75) is 0 Å². The van der Waals surface area contributed by atoms with Gasteiger partial charge in [-0.25, -0.2) is 4.98 Å². The smallest absolute Gasteiger partial charge is 0.134 e. The van der Waals surface area contributed by atoms with E-state index in [0.717, 1.165) is 10.5 Å². The third-order valence-electron chi connectivity index (χ3n) is 4.39. The largest absolute Gasteiger partial charge is 0.235 e. The van der Waals surface area contributed by atoms with E-state index >= 15 is 0 Å². The second kappa shape index (κ2) is 6.52. The minimum Gasteiger partial charge on any atom is -0.235 e. The Balaban J connectivity index is 1.46. The number of hydrogen-bond acceptors (Lipinski definition) is 3. The van der Waals surface area contributed by atoms with E-state index in [9.17, 15) is 0 Å². The summed E-state index contributed by atoms with van der Waals surface area (Å²) in [5.74, 6) is 0. The molecule has 0 aliphatic carbocycles. The van der Waals surface area contributed by atoms with Crippen LogP contribution in [0.5, 0.6) is 0 Å². The van der Waals surface area contributed by atoms with Gasteiger partial charge in [-0.3, -0.25) is 0 Å². The van der Waals surface area contributed by atoms with Gasteiger partial charge < -0.3 is 0 Å². The molecule has 2 aromatic heterocycles. The van der Waals surface area contributed by atoms with Crippen molar-refractivity contribution in [1.82, 2.24) is 4.98 Å². The summed E-state index contributed by atoms with van der Waals surface area (Å²) in [5, 5.41) is 1.10. The Kier molecular flexibility index (Phi) is 3.89. The fourth-order valence-corrected chi connectivity index (χ4v) is 5.07. The van der Waals surface area contributed by atoms with Gasteiger partial charge in [-0.1, -0.05) is 66.7 Å². The molecule has 26 heavy (non-hydrogen) atoms. The quantitative estimate of drug-likeness (QED) is 0.324. The standard InChI is InChI=1S/C23H15NS2/c1-2-6-16(7-3-1)17-10-12-18(13-11-17)20-14-15-22(25-20)23-24-19-8-4-5-9-21(19)26-23/h1-15H. The predicted octanol–water partition coefficient (Wildman–Crippen LogP) is 7.36. The number of thiazole rings is 1. The van der Waals surface area contributed by atoms with E-state index in [-0.39, 0.29) is 0 Å². The van der Waals surface area contributed by atoms with Crippen LogP contribution in [-0.2, 0) is 0 Å². The van der Waals surface area contributed by atoms with E-state index in [1.165, 1.54) is 31.1 Å². The average Bonchev–Trinajstić information content (AvgIpc) is 3.36. The predicted molar refractivity (Wildman–Crippen MR) is 114 cm³/mol. The van der Waals surface area contributed by atoms with Gasteiger partial charge in [0.25, 0.3) is 0 Å². The fraction of sp³-hybridized carbons (Fsp3) is 0. The Morgan fingerprint density at radius 1 is 0.500 bits per heavy atom. The SMILES string of the molecule is c1ccc(-c2ccc(-c3ccc(-c4nc5ccccc5s4)s3)cc2)cc1. The second-order valence-electron chi connectivity index (χ2n) is 6.09. The number of rotatable bonds is 3. The molecule has 2 heterocycles. The van der Waals surface area contributed by atoms with Crippen molar-refractivity contribution in [3.05, 3.63) is 91.0 Å². The molecule has 5 rings (SSSR count). The Bertz CT molecular complexity index is 1130. The van der Waals surface area contributed by atoms with E-state index in [1.54, 1.807) is 22.7 Å². The monoisotopic (exact) mass is 369 g/mol. The summed E-state index contributed by atoms with van der Waals surface area (Å²) in [4.78, 5) is 7.28. The molecule has 0 amide bonds. The van der Waals surface area contributed by atoms with E-state index in [4.69, 9.17) is 4.98 Å². The molecule has 3 aromatic carbocycles. The van der Waals surface area contributed by atoms with Gasteiger partial charge in [0, 0.05) is 4.88 Å². The summed E-state index contributed by atoms with van der Waals surface area (Å²) in [6.07, 6.45) is 0. The second-order valence-corrected chi connectivity index (χ2v) is 8.21. The number of hydrogen-bond donors (Lipinski definition) is 0. The molecule has 0 unspecified atom stereocenters. The lowest BCUT2D eigenvalue weighted by Gasteiger charge is -2.03. The summed E-state index contributed by atoms with van der Waals surface area (Å²) in [7, 11) is 0. The first-order valence-electron chi connectivity index (χ1n) is 8.48. The molecule has 0 radical (unpaired) electrons. The molecule has 5 aromatic rings. The van der Waals surface area contributed by atoms with Gasteiger partial charge in [0.2, 0.25) is 0 Å². The minimum atomic E-state index is 1.08. The Hall–Kier alpha value is -2.75. The van der Waals surface area contributed by atoms with Gasteiger partial charge in [0.05, 0.1) is 15.1 Å². The Labute approximate surface area is 160 Å². The molecule has 0 saturated carbocycles. The van der Waals surface area contributed by atoms with Gasteiger partial charge in [0.1, 0.15) is 5.01 Å². The van der Waals surface area contributed by atoms with Crippen LogP contribution in [-0.4, -0.2) is 4.98 Å². The van der Waals surface area contributed by atoms with Gasteiger partial charge in [-0.2, -0.15) is 0 Å². The zero-order valence-corrected chi connectivity index (χ0v) is 15.6. The molecule has 3 heteroatoms. The third kappa shape index (κ3) is 2.85. The van der Waals surface area contributed by atoms with Gasteiger partial charge in [0.15, 0.2) is 0 Å². The maximum Gasteiger partial charge on any atom is 0.134 e. The summed E-state index contributed by atoms with van der Waals surface area (Å²) in [6.45, 7) is 0. The molecule has 0 aliphatic rings. The van der Waals surface area contributed by atoms with Crippen molar-refractivity contribution in [3.8, 4) is 31.5 Å². The van der Waals surface area contributed by atoms with E-state index in [1.807, 2.05) is 12.1 Å². The first-order chi connectivity index (χ1) is 12.9. The lowest BCUT2D eigenvalue weighted by atomic mass is 10.0. The summed E-state index contributed by atoms with van der Waals surface area (Å²) < 4.78 is 1.24. The number of nitrogens with zero attached hydrogens (tertiary/aromatic N) is 1. The number of aromatic nitrogens is 1. The van der Waals surface area contributed by atoms with Crippen LogP contribution in [0.3, 0.4) is 0 Å². The van der Waals surface area contributed by atoms with Crippen molar-refractivity contribution in [3.63, 3.8) is 0 Å². The van der Waals surface area contributed by atoms with E-state index < -0.39 is 0 Å². The van der Waals surface area contributed by atoms with Crippen LogP contribution in [0.1, 0.15) is 0 Å². The number of fused-ring (bicyclic) bond motifs is 1. The first-order valence-corrected chi connectivity index (χ1v) is 10.1. The number of para-hydroxylation sites is 1. The lowest BCUT2D eigenvalue weighted by molar-refractivity contribution is 1.50. The number of thiophene rings is 1. The normalized spacial score (nSPS) is 11.1. The molecule has 0 aliphatic heterocycles. The molecular weight excluding hydrogens is 354 g/mol. The molecule has 0 N–H and O–H groups in total. The van der Waals surface area contributed by atoms with Crippen molar-refractivity contribution < 1.29 is 0 Å². The number of benzene rings is 3. The highest BCUT2D eigenvalue weighted by Crippen LogP contribution is 2.38. The van der Waals surface area contributed by atoms with Gasteiger partial charge >= 0.3 is 0 Å². The Morgan fingerprint density at radius 2 is 1.15 bits per heavy atom. The highest BCUT2D eigenvalue weighted by atomic mass is 32.1. The summed E-state index contributed by atoms with van der Waals surface area (Å²) in [5.41, 5.74) is 4.83. The first kappa shape index (κ1) is 15.5. The highest BCUT2D eigenvalue weighted by molar-refractivity contribution is 7.26. The molecule has 0 atom stereocenters. The van der Waals surface area contributed by atoms with Crippen LogP contribution in [0, 0.1) is 0 Å². The van der Waals surface area contributed by atoms with Crippen molar-refractivity contribution in [1.29, 1.82) is 0 Å². The maximum absolute atomic E-state index is 4.77. The van der Waals surface area contributed by atoms with Crippen molar-refractivity contribution >= 4 is 32.9 Å². The van der Waals surface area contributed by atoms with Crippen molar-refractivity contribution in [2.75, 3.05) is 0 Å². The fourth-order valence-electron chi connectivity index (χ4n) is 3.04. The molecule has 0 spiro atoms. The van der Waals surface area contributed by atoms with E-state index in [2.05, 4.69) is 78.9 Å². The van der Waals surface area contributed by atoms with E-state index in [0.29, 0.717) is 0 Å². The molecule has 0 bridgehead atoms. The molecule has 1 nitrogen and oxygen atoms in total. The molecule has 0 saturated heterocycles. The van der Waals surface area contributed by atoms with Crippen LogP contribution in [0.4, 0.5) is 0 Å². The third-order valence-corrected chi connectivity index (χ3v) is 6.73. The van der Waals surface area contributed by atoms with Gasteiger partial charge in [-0.05, 0) is 41.0 Å². The highest BCUT2D eigenvalue weighted by Gasteiger charge is 2.10. The van der Waals surface area contributed by atoms with Crippen LogP contribution < -0.4 is 0 Å². The summed E-state index contributed by atoms with van der Waals surface area (Å²) in [6, 6.07) is 32.0. The van der Waals surface area contributed by atoms with Crippen molar-refractivity contribution in [2.24, 2.45) is 0 Å². The summed E-state index contributed by atoms with van der Waals surface area (Å²) >= 11 is 3.56. The molecule has 124 valence electrons. The minimum absolute atomic E-state index is 1.08. The topological polar surface area (TPSA) is 12.9 Å². The van der Waals surface area contributed by atoms with Gasteiger partial charge in [-0.15, -0.1) is 22.7 Å². The molecular formula is C23H15NS2.